The zero-order valence-electron chi connectivity index (χ0n) is 14.4. The van der Waals surface area contributed by atoms with Gasteiger partial charge in [0.15, 0.2) is 5.76 Å². The fourth-order valence-electron chi connectivity index (χ4n) is 3.68. The number of aromatic nitrogens is 2. The van der Waals surface area contributed by atoms with Crippen molar-refractivity contribution in [1.29, 1.82) is 0 Å². The van der Waals surface area contributed by atoms with Crippen molar-refractivity contribution in [2.24, 2.45) is 5.92 Å². The van der Waals surface area contributed by atoms with E-state index in [1.165, 1.54) is 0 Å². The number of carbonyl (C=O) groups excluding carboxylic acids is 2. The summed E-state index contributed by atoms with van der Waals surface area (Å²) < 4.78 is 5.35. The normalized spacial score (nSPS) is 24.7. The Hall–Kier alpha value is -2.61. The first-order valence-corrected chi connectivity index (χ1v) is 8.94. The molecule has 2 aliphatic rings. The van der Waals surface area contributed by atoms with Crippen LogP contribution < -0.4 is 5.32 Å². The molecule has 3 heterocycles. The summed E-state index contributed by atoms with van der Waals surface area (Å²) in [7, 11) is 0. The topological polar surface area (TPSA) is 111 Å². The van der Waals surface area contributed by atoms with Crippen molar-refractivity contribution in [2.75, 3.05) is 13.1 Å². The number of aromatic amines is 1. The van der Waals surface area contributed by atoms with Crippen LogP contribution >= 0.6 is 0 Å². The molecule has 3 N–H and O–H groups in total. The van der Waals surface area contributed by atoms with E-state index in [0.717, 1.165) is 25.0 Å². The van der Waals surface area contributed by atoms with Gasteiger partial charge in [-0.2, -0.15) is 0 Å². The molecule has 0 spiro atoms. The van der Waals surface area contributed by atoms with E-state index in [9.17, 15) is 9.59 Å². The Morgan fingerprint density at radius 2 is 2.31 bits per heavy atom. The third-order valence-corrected chi connectivity index (χ3v) is 5.22. The van der Waals surface area contributed by atoms with Crippen LogP contribution in [0.1, 0.15) is 47.2 Å². The van der Waals surface area contributed by atoms with E-state index in [2.05, 4.69) is 15.3 Å². The summed E-state index contributed by atoms with van der Waals surface area (Å²) in [6.07, 6.45) is 5.98. The molecule has 0 aromatic carbocycles. The summed E-state index contributed by atoms with van der Waals surface area (Å²) in [6, 6.07) is 3.16. The number of amides is 2. The summed E-state index contributed by atoms with van der Waals surface area (Å²) in [6.45, 7) is 0.866. The molecule has 2 aromatic heterocycles. The highest BCUT2D eigenvalue weighted by molar-refractivity contribution is 5.92. The number of H-pyrrole nitrogens is 1. The Bertz CT molecular complexity index is 785. The van der Waals surface area contributed by atoms with E-state index in [-0.39, 0.29) is 42.1 Å². The number of hydrogen-bond donors (Lipinski definition) is 3. The predicted molar refractivity (Wildman–Crippen MR) is 91.1 cm³/mol. The van der Waals surface area contributed by atoms with Crippen LogP contribution in [0.3, 0.4) is 0 Å². The quantitative estimate of drug-likeness (QED) is 0.714. The van der Waals surface area contributed by atoms with Crippen LogP contribution in [0.5, 0.6) is 0 Å². The van der Waals surface area contributed by atoms with Crippen molar-refractivity contribution in [1.82, 2.24) is 20.2 Å². The average Bonchev–Trinajstić information content (AvgIpc) is 3.12. The lowest BCUT2D eigenvalue weighted by atomic mass is 10.2. The van der Waals surface area contributed by atoms with Gasteiger partial charge in [-0.25, -0.2) is 4.98 Å². The standard InChI is InChI=1S/C18H22N4O4/c23-9-12-3-4-16(26-12)18(25)22-5-1-2-11(22)7-20-17(24)14-6-13(14)15-8-19-10-21-15/h3-4,8,10-11,13-14,23H,1-2,5-7,9H2,(H,19,21)(H,20,24)/t11?,13-,14-/m1/s1. The minimum atomic E-state index is -0.231. The molecule has 2 amide bonds. The maximum absolute atomic E-state index is 12.6. The maximum atomic E-state index is 12.6. The number of nitrogens with zero attached hydrogens (tertiary/aromatic N) is 2. The van der Waals surface area contributed by atoms with E-state index in [0.29, 0.717) is 18.8 Å². The minimum absolute atomic E-state index is 0.0156. The van der Waals surface area contributed by atoms with Gasteiger partial charge in [-0.1, -0.05) is 0 Å². The number of carbonyl (C=O) groups is 2. The van der Waals surface area contributed by atoms with E-state index in [1.54, 1.807) is 29.6 Å². The Morgan fingerprint density at radius 3 is 3.04 bits per heavy atom. The lowest BCUT2D eigenvalue weighted by Gasteiger charge is -2.24. The molecule has 4 rings (SSSR count). The third kappa shape index (κ3) is 3.24. The van der Waals surface area contributed by atoms with Gasteiger partial charge in [0.05, 0.1) is 6.33 Å². The Morgan fingerprint density at radius 1 is 1.42 bits per heavy atom. The predicted octanol–water partition coefficient (Wildman–Crippen LogP) is 1.02. The van der Waals surface area contributed by atoms with Crippen LogP contribution in [-0.2, 0) is 11.4 Å². The number of likely N-dealkylation sites (tertiary alicyclic amines) is 1. The number of hydrogen-bond acceptors (Lipinski definition) is 5. The highest BCUT2D eigenvalue weighted by Gasteiger charge is 2.45. The van der Waals surface area contributed by atoms with Gasteiger partial charge in [-0.15, -0.1) is 0 Å². The van der Waals surface area contributed by atoms with Gasteiger partial charge >= 0.3 is 0 Å². The van der Waals surface area contributed by atoms with Crippen molar-refractivity contribution < 1.29 is 19.1 Å². The molecule has 0 bridgehead atoms. The van der Waals surface area contributed by atoms with Gasteiger partial charge in [0.1, 0.15) is 12.4 Å². The zero-order valence-corrected chi connectivity index (χ0v) is 14.4. The van der Waals surface area contributed by atoms with Crippen LogP contribution in [0, 0.1) is 5.92 Å². The molecule has 26 heavy (non-hydrogen) atoms. The van der Waals surface area contributed by atoms with Crippen molar-refractivity contribution in [3.05, 3.63) is 41.9 Å². The molecule has 1 saturated heterocycles. The number of aliphatic hydroxyl groups is 1. The van der Waals surface area contributed by atoms with Crippen LogP contribution in [0.15, 0.2) is 29.1 Å². The van der Waals surface area contributed by atoms with E-state index in [4.69, 9.17) is 9.52 Å². The van der Waals surface area contributed by atoms with Gasteiger partial charge < -0.3 is 24.7 Å². The second-order valence-electron chi connectivity index (χ2n) is 6.92. The van der Waals surface area contributed by atoms with E-state index < -0.39 is 0 Å². The monoisotopic (exact) mass is 358 g/mol. The SMILES string of the molecule is O=C(NCC1CCCN1C(=O)c1ccc(CO)o1)[C@@H]1C[C@H]1c1cnc[nH]1. The minimum Gasteiger partial charge on any atom is -0.453 e. The number of imidazole rings is 1. The first-order valence-electron chi connectivity index (χ1n) is 8.94. The fourth-order valence-corrected chi connectivity index (χ4v) is 3.68. The van der Waals surface area contributed by atoms with Crippen molar-refractivity contribution in [3.63, 3.8) is 0 Å². The lowest BCUT2D eigenvalue weighted by Crippen LogP contribution is -2.43. The number of rotatable bonds is 6. The van der Waals surface area contributed by atoms with E-state index in [1.807, 2.05) is 0 Å². The second kappa shape index (κ2) is 6.95. The molecule has 8 nitrogen and oxygen atoms in total. The van der Waals surface area contributed by atoms with Gasteiger partial charge in [0.25, 0.3) is 5.91 Å². The van der Waals surface area contributed by atoms with Crippen molar-refractivity contribution in [3.8, 4) is 0 Å². The molecule has 2 aromatic rings. The molecule has 1 aliphatic heterocycles. The second-order valence-corrected chi connectivity index (χ2v) is 6.92. The molecule has 1 saturated carbocycles. The van der Waals surface area contributed by atoms with E-state index >= 15 is 0 Å². The molecule has 8 heteroatoms. The number of nitrogens with one attached hydrogen (secondary N) is 2. The Kier molecular flexibility index (Phi) is 4.50. The van der Waals surface area contributed by atoms with Gasteiger partial charge in [0.2, 0.25) is 5.91 Å². The smallest absolute Gasteiger partial charge is 0.289 e. The first kappa shape index (κ1) is 16.8. The van der Waals surface area contributed by atoms with Crippen LogP contribution in [0.25, 0.3) is 0 Å². The third-order valence-electron chi connectivity index (χ3n) is 5.22. The maximum Gasteiger partial charge on any atom is 0.289 e. The lowest BCUT2D eigenvalue weighted by molar-refractivity contribution is -0.122. The molecule has 2 fully saturated rings. The summed E-state index contributed by atoms with van der Waals surface area (Å²) in [5.74, 6) is 0.648. The average molecular weight is 358 g/mol. The van der Waals surface area contributed by atoms with Crippen molar-refractivity contribution >= 4 is 11.8 Å². The molecule has 1 unspecified atom stereocenters. The summed E-state index contributed by atoms with van der Waals surface area (Å²) in [5, 5.41) is 12.1. The molecule has 0 radical (unpaired) electrons. The van der Waals surface area contributed by atoms with Crippen molar-refractivity contribution in [2.45, 2.75) is 37.8 Å². The molecule has 1 aliphatic carbocycles. The highest BCUT2D eigenvalue weighted by Crippen LogP contribution is 2.46. The fraction of sp³-hybridized carbons (Fsp3) is 0.500. The van der Waals surface area contributed by atoms with Crippen LogP contribution in [0.2, 0.25) is 0 Å². The number of aliphatic hydroxyl groups excluding tert-OH is 1. The van der Waals surface area contributed by atoms with Crippen LogP contribution in [0.4, 0.5) is 0 Å². The Balaban J connectivity index is 1.31. The molecule has 3 atom stereocenters. The largest absolute Gasteiger partial charge is 0.453 e. The van der Waals surface area contributed by atoms with Gasteiger partial charge in [-0.05, 0) is 31.4 Å². The molecule has 138 valence electrons. The summed E-state index contributed by atoms with van der Waals surface area (Å²) in [4.78, 5) is 33.8. The summed E-state index contributed by atoms with van der Waals surface area (Å²) >= 11 is 0. The Labute approximate surface area is 150 Å². The molecular weight excluding hydrogens is 336 g/mol. The van der Waals surface area contributed by atoms with Crippen LogP contribution in [-0.4, -0.2) is 50.9 Å². The van der Waals surface area contributed by atoms with Gasteiger partial charge in [0, 0.05) is 42.9 Å². The summed E-state index contributed by atoms with van der Waals surface area (Å²) in [5.41, 5.74) is 1.00. The molecular formula is C18H22N4O4. The first-order chi connectivity index (χ1) is 12.7. The number of furan rings is 1. The zero-order chi connectivity index (χ0) is 18.1. The van der Waals surface area contributed by atoms with Gasteiger partial charge in [-0.3, -0.25) is 9.59 Å². The highest BCUT2D eigenvalue weighted by atomic mass is 16.4.